The molecular formula is C11H18N2. The summed E-state index contributed by atoms with van der Waals surface area (Å²) in [6.45, 7) is 4.56. The number of nitrogens with one attached hydrogen (secondary N) is 1. The number of rotatable bonds is 3. The lowest BCUT2D eigenvalue weighted by Gasteiger charge is -2.14. The molecule has 0 spiro atoms. The van der Waals surface area contributed by atoms with Gasteiger partial charge in [0.15, 0.2) is 0 Å². The van der Waals surface area contributed by atoms with Crippen LogP contribution in [-0.2, 0) is 6.54 Å². The molecule has 0 bridgehead atoms. The second kappa shape index (κ2) is 3.97. The van der Waals surface area contributed by atoms with Gasteiger partial charge in [-0.2, -0.15) is 0 Å². The summed E-state index contributed by atoms with van der Waals surface area (Å²) in [6.07, 6.45) is 6.03. The first-order valence-electron chi connectivity index (χ1n) is 5.30. The van der Waals surface area contributed by atoms with Gasteiger partial charge in [-0.05, 0) is 37.9 Å². The van der Waals surface area contributed by atoms with Crippen molar-refractivity contribution in [3.05, 3.63) is 24.0 Å². The van der Waals surface area contributed by atoms with Crippen molar-refractivity contribution < 1.29 is 0 Å². The summed E-state index contributed by atoms with van der Waals surface area (Å²) in [7, 11) is 0. The van der Waals surface area contributed by atoms with Crippen molar-refractivity contribution >= 4 is 0 Å². The minimum atomic E-state index is 0.613. The molecule has 1 aliphatic heterocycles. The molecule has 1 aliphatic rings. The van der Waals surface area contributed by atoms with E-state index in [1.54, 1.807) is 0 Å². The number of hydrogen-bond donors (Lipinski definition) is 1. The van der Waals surface area contributed by atoms with E-state index < -0.39 is 0 Å². The third-order valence-corrected chi connectivity index (χ3v) is 2.75. The molecule has 1 saturated heterocycles. The minimum Gasteiger partial charge on any atom is -0.350 e. The van der Waals surface area contributed by atoms with E-state index in [9.17, 15) is 0 Å². The molecule has 1 aromatic rings. The fraction of sp³-hybridized carbons (Fsp3) is 0.636. The van der Waals surface area contributed by atoms with Crippen molar-refractivity contribution in [1.29, 1.82) is 0 Å². The third kappa shape index (κ3) is 1.78. The number of nitrogens with zero attached hydrogens (tertiary/aromatic N) is 1. The molecule has 0 saturated carbocycles. The van der Waals surface area contributed by atoms with Crippen LogP contribution >= 0.6 is 0 Å². The maximum atomic E-state index is 3.54. The van der Waals surface area contributed by atoms with Gasteiger partial charge in [-0.25, -0.2) is 0 Å². The monoisotopic (exact) mass is 178 g/mol. The van der Waals surface area contributed by atoms with E-state index in [0.29, 0.717) is 6.04 Å². The van der Waals surface area contributed by atoms with E-state index in [0.717, 1.165) is 6.54 Å². The lowest BCUT2D eigenvalue weighted by atomic mass is 10.1. The van der Waals surface area contributed by atoms with Gasteiger partial charge >= 0.3 is 0 Å². The van der Waals surface area contributed by atoms with E-state index >= 15 is 0 Å². The predicted octanol–water partition coefficient (Wildman–Crippen LogP) is 2.32. The SMILES string of the molecule is CCCn1cccc1C1CCCN1. The Bertz CT molecular complexity index is 259. The number of hydrogen-bond acceptors (Lipinski definition) is 1. The summed E-state index contributed by atoms with van der Waals surface area (Å²) < 4.78 is 2.38. The number of aromatic nitrogens is 1. The second-order valence-electron chi connectivity index (χ2n) is 3.78. The Morgan fingerprint density at radius 2 is 2.54 bits per heavy atom. The molecule has 1 N–H and O–H groups in total. The average Bonchev–Trinajstić information content (AvgIpc) is 2.71. The Morgan fingerprint density at radius 1 is 1.62 bits per heavy atom. The van der Waals surface area contributed by atoms with E-state index in [1.165, 1.54) is 31.5 Å². The molecule has 72 valence electrons. The van der Waals surface area contributed by atoms with Gasteiger partial charge in [-0.15, -0.1) is 0 Å². The van der Waals surface area contributed by atoms with Crippen LogP contribution in [0.15, 0.2) is 18.3 Å². The molecule has 0 radical (unpaired) electrons. The quantitative estimate of drug-likeness (QED) is 0.751. The van der Waals surface area contributed by atoms with E-state index in [2.05, 4.69) is 35.1 Å². The highest BCUT2D eigenvalue weighted by Gasteiger charge is 2.18. The van der Waals surface area contributed by atoms with Crippen molar-refractivity contribution in [2.24, 2.45) is 0 Å². The standard InChI is InChI=1S/C11H18N2/c1-2-8-13-9-4-6-11(13)10-5-3-7-12-10/h4,6,9-10,12H,2-3,5,7-8H2,1H3. The summed E-state index contributed by atoms with van der Waals surface area (Å²) in [5.74, 6) is 0. The first-order valence-corrected chi connectivity index (χ1v) is 5.30. The van der Waals surface area contributed by atoms with Gasteiger partial charge in [0.1, 0.15) is 0 Å². The van der Waals surface area contributed by atoms with Crippen LogP contribution in [0.5, 0.6) is 0 Å². The molecule has 2 heterocycles. The summed E-state index contributed by atoms with van der Waals surface area (Å²) in [5.41, 5.74) is 1.47. The van der Waals surface area contributed by atoms with E-state index in [4.69, 9.17) is 0 Å². The van der Waals surface area contributed by atoms with Crippen molar-refractivity contribution in [3.63, 3.8) is 0 Å². The Balaban J connectivity index is 2.13. The molecule has 0 aliphatic carbocycles. The van der Waals surface area contributed by atoms with Gasteiger partial charge in [0.25, 0.3) is 0 Å². The average molecular weight is 178 g/mol. The summed E-state index contributed by atoms with van der Waals surface area (Å²) in [4.78, 5) is 0. The molecule has 13 heavy (non-hydrogen) atoms. The largest absolute Gasteiger partial charge is 0.350 e. The van der Waals surface area contributed by atoms with Gasteiger partial charge in [-0.1, -0.05) is 6.92 Å². The summed E-state index contributed by atoms with van der Waals surface area (Å²) in [6, 6.07) is 5.02. The van der Waals surface area contributed by atoms with Gasteiger partial charge in [0.2, 0.25) is 0 Å². The van der Waals surface area contributed by atoms with Crippen LogP contribution in [0, 0.1) is 0 Å². The zero-order valence-electron chi connectivity index (χ0n) is 8.29. The molecule has 2 heteroatoms. The van der Waals surface area contributed by atoms with E-state index in [1.807, 2.05) is 0 Å². The van der Waals surface area contributed by atoms with Crippen LogP contribution in [0.2, 0.25) is 0 Å². The fourth-order valence-electron chi connectivity index (χ4n) is 2.13. The molecular weight excluding hydrogens is 160 g/mol. The van der Waals surface area contributed by atoms with Crippen molar-refractivity contribution in [3.8, 4) is 0 Å². The zero-order valence-corrected chi connectivity index (χ0v) is 8.29. The molecule has 1 fully saturated rings. The molecule has 2 nitrogen and oxygen atoms in total. The maximum absolute atomic E-state index is 3.54. The predicted molar refractivity (Wildman–Crippen MR) is 54.7 cm³/mol. The van der Waals surface area contributed by atoms with Crippen LogP contribution in [0.3, 0.4) is 0 Å². The van der Waals surface area contributed by atoms with Gasteiger partial charge < -0.3 is 9.88 Å². The topological polar surface area (TPSA) is 17.0 Å². The first kappa shape index (κ1) is 8.82. The first-order chi connectivity index (χ1) is 6.42. The van der Waals surface area contributed by atoms with Crippen molar-refractivity contribution in [1.82, 2.24) is 9.88 Å². The number of aryl methyl sites for hydroxylation is 1. The van der Waals surface area contributed by atoms with Crippen LogP contribution in [-0.4, -0.2) is 11.1 Å². The normalized spacial score (nSPS) is 22.4. The van der Waals surface area contributed by atoms with Crippen LogP contribution in [0.25, 0.3) is 0 Å². The van der Waals surface area contributed by atoms with Crippen LogP contribution < -0.4 is 5.32 Å². The molecule has 1 aromatic heterocycles. The molecule has 2 rings (SSSR count). The third-order valence-electron chi connectivity index (χ3n) is 2.75. The summed E-state index contributed by atoms with van der Waals surface area (Å²) in [5, 5.41) is 3.54. The maximum Gasteiger partial charge on any atom is 0.0475 e. The van der Waals surface area contributed by atoms with Gasteiger partial charge in [-0.3, -0.25) is 0 Å². The minimum absolute atomic E-state index is 0.613. The summed E-state index contributed by atoms with van der Waals surface area (Å²) >= 11 is 0. The molecule has 0 aromatic carbocycles. The smallest absolute Gasteiger partial charge is 0.0475 e. The highest BCUT2D eigenvalue weighted by molar-refractivity contribution is 5.13. The Morgan fingerprint density at radius 3 is 3.23 bits per heavy atom. The second-order valence-corrected chi connectivity index (χ2v) is 3.78. The lowest BCUT2D eigenvalue weighted by Crippen LogP contribution is -2.16. The Hall–Kier alpha value is -0.760. The zero-order chi connectivity index (χ0) is 9.10. The van der Waals surface area contributed by atoms with Gasteiger partial charge in [0.05, 0.1) is 0 Å². The fourth-order valence-corrected chi connectivity index (χ4v) is 2.13. The lowest BCUT2D eigenvalue weighted by molar-refractivity contribution is 0.559. The van der Waals surface area contributed by atoms with E-state index in [-0.39, 0.29) is 0 Å². The van der Waals surface area contributed by atoms with Crippen LogP contribution in [0.1, 0.15) is 37.9 Å². The van der Waals surface area contributed by atoms with Gasteiger partial charge in [0, 0.05) is 24.5 Å². The highest BCUT2D eigenvalue weighted by atomic mass is 15.0. The Kier molecular flexibility index (Phi) is 2.69. The van der Waals surface area contributed by atoms with Crippen molar-refractivity contribution in [2.75, 3.05) is 6.54 Å². The highest BCUT2D eigenvalue weighted by Crippen LogP contribution is 2.23. The van der Waals surface area contributed by atoms with Crippen molar-refractivity contribution in [2.45, 2.75) is 38.8 Å². The molecule has 1 atom stereocenters. The van der Waals surface area contributed by atoms with Crippen LogP contribution in [0.4, 0.5) is 0 Å². The molecule has 0 amide bonds. The Labute approximate surface area is 79.9 Å². The molecule has 1 unspecified atom stereocenters.